The number of rotatable bonds is 5. The van der Waals surface area contributed by atoms with E-state index in [0.717, 1.165) is 25.2 Å². The summed E-state index contributed by atoms with van der Waals surface area (Å²) in [6.07, 6.45) is 2.07. The minimum absolute atomic E-state index is 0.0791. The third-order valence-corrected chi connectivity index (χ3v) is 7.04. The zero-order valence-corrected chi connectivity index (χ0v) is 21.1. The van der Waals surface area contributed by atoms with Crippen LogP contribution in [-0.4, -0.2) is 74.0 Å². The number of fused-ring (bicyclic) bond motifs is 1. The number of carbonyl (C=O) groups is 1. The summed E-state index contributed by atoms with van der Waals surface area (Å²) in [5.74, 6) is 1.10. The molecule has 0 atom stereocenters. The standard InChI is InChI=1S/C23H30FN5O5S/c1-14(2)34-23(30)28-9-7-16(8-10-28)29-11-12-33-20-21(25-15(3)26-22(20)29)27-19-6-5-17(13-18(19)24)35(4,31)32/h5-6,13-14,16H,7-12H2,1-4H3,(H,25,26,27). The minimum Gasteiger partial charge on any atom is -0.485 e. The van der Waals surface area contributed by atoms with Gasteiger partial charge in [-0.3, -0.25) is 0 Å². The van der Waals surface area contributed by atoms with Crippen LogP contribution in [0.3, 0.4) is 0 Å². The third kappa shape index (κ3) is 5.58. The Bertz CT molecular complexity index is 1220. The number of hydrogen-bond acceptors (Lipinski definition) is 9. The molecule has 1 fully saturated rings. The van der Waals surface area contributed by atoms with Gasteiger partial charge in [0.2, 0.25) is 5.75 Å². The monoisotopic (exact) mass is 507 g/mol. The van der Waals surface area contributed by atoms with Crippen molar-refractivity contribution in [3.05, 3.63) is 29.8 Å². The topological polar surface area (TPSA) is 114 Å². The van der Waals surface area contributed by atoms with Gasteiger partial charge in [0.1, 0.15) is 18.2 Å². The van der Waals surface area contributed by atoms with Crippen molar-refractivity contribution in [2.45, 2.75) is 50.7 Å². The van der Waals surface area contributed by atoms with Crippen molar-refractivity contribution in [2.24, 2.45) is 0 Å². The average Bonchev–Trinajstić information content (AvgIpc) is 2.79. The molecule has 4 rings (SSSR count). The Hall–Kier alpha value is -3.15. The van der Waals surface area contributed by atoms with Gasteiger partial charge >= 0.3 is 6.09 Å². The van der Waals surface area contributed by atoms with E-state index in [1.165, 1.54) is 12.1 Å². The van der Waals surface area contributed by atoms with Gasteiger partial charge in [-0.05, 0) is 51.8 Å². The molecule has 0 unspecified atom stereocenters. The van der Waals surface area contributed by atoms with Crippen LogP contribution in [0.4, 0.5) is 26.5 Å². The molecule has 10 nitrogen and oxygen atoms in total. The van der Waals surface area contributed by atoms with Crippen LogP contribution < -0.4 is 15.0 Å². The maximum Gasteiger partial charge on any atom is 0.410 e. The number of sulfone groups is 1. The highest BCUT2D eigenvalue weighted by Crippen LogP contribution is 2.39. The number of aromatic nitrogens is 2. The Labute approximate surface area is 204 Å². The smallest absolute Gasteiger partial charge is 0.410 e. The van der Waals surface area contributed by atoms with Crippen LogP contribution in [0.15, 0.2) is 23.1 Å². The van der Waals surface area contributed by atoms with Gasteiger partial charge in [-0.2, -0.15) is 0 Å². The molecule has 1 N–H and O–H groups in total. The van der Waals surface area contributed by atoms with E-state index in [9.17, 15) is 17.6 Å². The lowest BCUT2D eigenvalue weighted by Crippen LogP contribution is -2.49. The lowest BCUT2D eigenvalue weighted by Gasteiger charge is -2.41. The second kappa shape index (κ2) is 9.84. The number of aryl methyl sites for hydroxylation is 1. The van der Waals surface area contributed by atoms with Gasteiger partial charge in [0.15, 0.2) is 21.5 Å². The van der Waals surface area contributed by atoms with Gasteiger partial charge in [-0.25, -0.2) is 27.6 Å². The Morgan fingerprint density at radius 2 is 1.94 bits per heavy atom. The number of piperidine rings is 1. The quantitative estimate of drug-likeness (QED) is 0.651. The maximum atomic E-state index is 14.7. The average molecular weight is 508 g/mol. The highest BCUT2D eigenvalue weighted by Gasteiger charge is 2.33. The van der Waals surface area contributed by atoms with Crippen LogP contribution in [0.25, 0.3) is 0 Å². The molecule has 2 aliphatic heterocycles. The molecule has 1 amide bonds. The maximum absolute atomic E-state index is 14.7. The van der Waals surface area contributed by atoms with Crippen LogP contribution >= 0.6 is 0 Å². The number of ether oxygens (including phenoxy) is 2. The van der Waals surface area contributed by atoms with Gasteiger partial charge in [-0.15, -0.1) is 0 Å². The summed E-state index contributed by atoms with van der Waals surface area (Å²) in [7, 11) is -3.53. The minimum atomic E-state index is -3.53. The zero-order chi connectivity index (χ0) is 25.3. The fourth-order valence-corrected chi connectivity index (χ4v) is 4.89. The molecule has 0 aliphatic carbocycles. The predicted molar refractivity (Wildman–Crippen MR) is 129 cm³/mol. The number of nitrogens with zero attached hydrogens (tertiary/aromatic N) is 4. The van der Waals surface area contributed by atoms with E-state index >= 15 is 0 Å². The first kappa shape index (κ1) is 25.0. The van der Waals surface area contributed by atoms with E-state index in [2.05, 4.69) is 20.2 Å². The molecule has 190 valence electrons. The lowest BCUT2D eigenvalue weighted by molar-refractivity contribution is 0.0687. The van der Waals surface area contributed by atoms with Crippen LogP contribution in [0.1, 0.15) is 32.5 Å². The third-order valence-electron chi connectivity index (χ3n) is 5.93. The molecule has 1 aromatic carbocycles. The molecular formula is C23H30FN5O5S. The van der Waals surface area contributed by atoms with Crippen molar-refractivity contribution in [1.29, 1.82) is 0 Å². The predicted octanol–water partition coefficient (Wildman–Crippen LogP) is 3.28. The first-order chi connectivity index (χ1) is 16.5. The Morgan fingerprint density at radius 3 is 2.57 bits per heavy atom. The summed E-state index contributed by atoms with van der Waals surface area (Å²) in [5.41, 5.74) is 0.0791. The Kier molecular flexibility index (Phi) is 7.02. The highest BCUT2D eigenvalue weighted by atomic mass is 32.2. The number of likely N-dealkylation sites (tertiary alicyclic amines) is 1. The van der Waals surface area contributed by atoms with E-state index in [-0.39, 0.29) is 28.8 Å². The molecule has 12 heteroatoms. The molecule has 2 aromatic rings. The van der Waals surface area contributed by atoms with Gasteiger partial charge in [0.25, 0.3) is 0 Å². The van der Waals surface area contributed by atoms with E-state index in [1.807, 2.05) is 13.8 Å². The van der Waals surface area contributed by atoms with Crippen LogP contribution in [0.5, 0.6) is 5.75 Å². The van der Waals surface area contributed by atoms with Crippen LogP contribution in [0, 0.1) is 12.7 Å². The fraction of sp³-hybridized carbons (Fsp3) is 0.522. The highest BCUT2D eigenvalue weighted by molar-refractivity contribution is 7.90. The molecule has 1 aromatic heterocycles. The molecule has 35 heavy (non-hydrogen) atoms. The largest absolute Gasteiger partial charge is 0.485 e. The molecule has 0 bridgehead atoms. The Morgan fingerprint density at radius 1 is 1.23 bits per heavy atom. The van der Waals surface area contributed by atoms with E-state index in [0.29, 0.717) is 49.5 Å². The molecule has 0 saturated carbocycles. The number of benzene rings is 1. The summed E-state index contributed by atoms with van der Waals surface area (Å²) in [6.45, 7) is 7.59. The molecule has 1 saturated heterocycles. The molecule has 3 heterocycles. The SMILES string of the molecule is Cc1nc(Nc2ccc(S(C)(=O)=O)cc2F)c2c(n1)N(C1CCN(C(=O)OC(C)C)CC1)CCO2. The number of anilines is 3. The summed E-state index contributed by atoms with van der Waals surface area (Å²) in [5, 5.41) is 2.94. The summed E-state index contributed by atoms with van der Waals surface area (Å²) in [4.78, 5) is 25.0. The second-order valence-electron chi connectivity index (χ2n) is 9.00. The van der Waals surface area contributed by atoms with E-state index < -0.39 is 15.7 Å². The molecular weight excluding hydrogens is 477 g/mol. The number of halogens is 1. The van der Waals surface area contributed by atoms with Crippen LogP contribution in [-0.2, 0) is 14.6 Å². The van der Waals surface area contributed by atoms with Gasteiger partial charge in [0.05, 0.1) is 23.2 Å². The first-order valence-electron chi connectivity index (χ1n) is 11.5. The van der Waals surface area contributed by atoms with Gasteiger partial charge < -0.3 is 24.6 Å². The normalized spacial score (nSPS) is 16.6. The first-order valence-corrected chi connectivity index (χ1v) is 13.4. The number of carbonyl (C=O) groups excluding carboxylic acids is 1. The molecule has 0 spiro atoms. The number of hydrogen-bond donors (Lipinski definition) is 1. The fourth-order valence-electron chi connectivity index (χ4n) is 4.26. The number of amides is 1. The summed E-state index contributed by atoms with van der Waals surface area (Å²) in [6, 6.07) is 3.83. The number of nitrogens with one attached hydrogen (secondary N) is 1. The summed E-state index contributed by atoms with van der Waals surface area (Å²) < 4.78 is 49.3. The van der Waals surface area contributed by atoms with Crippen LogP contribution in [0.2, 0.25) is 0 Å². The molecule has 2 aliphatic rings. The van der Waals surface area contributed by atoms with Crippen molar-refractivity contribution in [2.75, 3.05) is 42.7 Å². The summed E-state index contributed by atoms with van der Waals surface area (Å²) >= 11 is 0. The van der Waals surface area contributed by atoms with Crippen molar-refractivity contribution < 1.29 is 27.1 Å². The van der Waals surface area contributed by atoms with Gasteiger partial charge in [0, 0.05) is 25.4 Å². The van der Waals surface area contributed by atoms with Crippen molar-refractivity contribution >= 4 is 33.3 Å². The lowest BCUT2D eigenvalue weighted by atomic mass is 10.0. The molecule has 0 radical (unpaired) electrons. The van der Waals surface area contributed by atoms with E-state index in [4.69, 9.17) is 9.47 Å². The zero-order valence-electron chi connectivity index (χ0n) is 20.2. The van der Waals surface area contributed by atoms with E-state index in [1.54, 1.807) is 11.8 Å². The van der Waals surface area contributed by atoms with Crippen molar-refractivity contribution in [1.82, 2.24) is 14.9 Å². The van der Waals surface area contributed by atoms with Crippen molar-refractivity contribution in [3.63, 3.8) is 0 Å². The van der Waals surface area contributed by atoms with Gasteiger partial charge in [-0.1, -0.05) is 0 Å². The Balaban J connectivity index is 1.55. The second-order valence-corrected chi connectivity index (χ2v) is 11.0. The van der Waals surface area contributed by atoms with Crippen molar-refractivity contribution in [3.8, 4) is 5.75 Å².